The average Bonchev–Trinajstić information content (AvgIpc) is 2.22. The molecule has 16 heavy (non-hydrogen) atoms. The van der Waals surface area contributed by atoms with Crippen molar-refractivity contribution in [2.45, 2.75) is 82.8 Å². The maximum atomic E-state index is 6.53. The third-order valence-corrected chi connectivity index (χ3v) is 4.13. The Labute approximate surface area is 101 Å². The molecule has 0 radical (unpaired) electrons. The molecule has 1 rings (SSSR count). The standard InChI is InChI=1S/C14H29NO/c1-13(2,16-3)11-12-14(15)9-7-5-4-6-8-10-14/h4-12,15H2,1-3H3. The Hall–Kier alpha value is -0.0800. The molecule has 1 saturated carbocycles. The van der Waals surface area contributed by atoms with Gasteiger partial charge in [0.2, 0.25) is 0 Å². The van der Waals surface area contributed by atoms with Crippen molar-refractivity contribution in [2.24, 2.45) is 5.73 Å². The summed E-state index contributed by atoms with van der Waals surface area (Å²) in [5.74, 6) is 0. The molecule has 0 heterocycles. The Morgan fingerprint density at radius 3 is 2.06 bits per heavy atom. The monoisotopic (exact) mass is 227 g/mol. The molecule has 2 heteroatoms. The van der Waals surface area contributed by atoms with Gasteiger partial charge in [0, 0.05) is 12.6 Å². The van der Waals surface area contributed by atoms with Crippen LogP contribution in [0.2, 0.25) is 0 Å². The van der Waals surface area contributed by atoms with Crippen molar-refractivity contribution in [1.82, 2.24) is 0 Å². The Morgan fingerprint density at radius 1 is 1.06 bits per heavy atom. The van der Waals surface area contributed by atoms with Gasteiger partial charge in [-0.05, 0) is 39.5 Å². The highest BCUT2D eigenvalue weighted by Gasteiger charge is 2.28. The van der Waals surface area contributed by atoms with Crippen molar-refractivity contribution >= 4 is 0 Å². The molecule has 1 aliphatic rings. The van der Waals surface area contributed by atoms with Crippen molar-refractivity contribution in [3.8, 4) is 0 Å². The summed E-state index contributed by atoms with van der Waals surface area (Å²) >= 11 is 0. The molecule has 1 fully saturated rings. The topological polar surface area (TPSA) is 35.2 Å². The van der Waals surface area contributed by atoms with E-state index in [1.165, 1.54) is 44.9 Å². The minimum Gasteiger partial charge on any atom is -0.379 e. The predicted molar refractivity (Wildman–Crippen MR) is 69.6 cm³/mol. The number of hydrogen-bond donors (Lipinski definition) is 1. The first-order valence-electron chi connectivity index (χ1n) is 6.82. The Balaban J connectivity index is 2.41. The normalized spacial score (nSPS) is 22.5. The summed E-state index contributed by atoms with van der Waals surface area (Å²) < 4.78 is 5.47. The van der Waals surface area contributed by atoms with Crippen LogP contribution < -0.4 is 5.73 Å². The molecule has 2 nitrogen and oxygen atoms in total. The van der Waals surface area contributed by atoms with Crippen LogP contribution >= 0.6 is 0 Å². The maximum absolute atomic E-state index is 6.53. The predicted octanol–water partition coefficient (Wildman–Crippen LogP) is 3.63. The van der Waals surface area contributed by atoms with Gasteiger partial charge >= 0.3 is 0 Å². The fourth-order valence-electron chi connectivity index (χ4n) is 2.51. The van der Waals surface area contributed by atoms with Crippen LogP contribution in [0.3, 0.4) is 0 Å². The van der Waals surface area contributed by atoms with E-state index in [-0.39, 0.29) is 11.1 Å². The lowest BCUT2D eigenvalue weighted by atomic mass is 9.79. The molecule has 0 unspecified atom stereocenters. The quantitative estimate of drug-likeness (QED) is 0.796. The molecule has 0 spiro atoms. The first-order valence-corrected chi connectivity index (χ1v) is 6.82. The molecule has 0 atom stereocenters. The second kappa shape index (κ2) is 6.02. The SMILES string of the molecule is COC(C)(C)CCC1(N)CCCCCCC1. The number of methoxy groups -OCH3 is 1. The molecule has 1 aliphatic carbocycles. The van der Waals surface area contributed by atoms with Gasteiger partial charge in [0.05, 0.1) is 5.60 Å². The third-order valence-electron chi connectivity index (χ3n) is 4.13. The lowest BCUT2D eigenvalue weighted by molar-refractivity contribution is 0.00763. The maximum Gasteiger partial charge on any atom is 0.0623 e. The number of hydrogen-bond acceptors (Lipinski definition) is 2. The minimum absolute atomic E-state index is 0.0191. The fourth-order valence-corrected chi connectivity index (χ4v) is 2.51. The van der Waals surface area contributed by atoms with Gasteiger partial charge < -0.3 is 10.5 Å². The van der Waals surface area contributed by atoms with E-state index in [1.807, 2.05) is 0 Å². The van der Waals surface area contributed by atoms with Crippen LogP contribution in [0, 0.1) is 0 Å². The second-order valence-corrected chi connectivity index (χ2v) is 6.09. The van der Waals surface area contributed by atoms with Crippen molar-refractivity contribution in [3.05, 3.63) is 0 Å². The van der Waals surface area contributed by atoms with Crippen molar-refractivity contribution in [2.75, 3.05) is 7.11 Å². The summed E-state index contributed by atoms with van der Waals surface area (Å²) in [4.78, 5) is 0. The first-order chi connectivity index (χ1) is 7.47. The van der Waals surface area contributed by atoms with Crippen molar-refractivity contribution in [3.63, 3.8) is 0 Å². The summed E-state index contributed by atoms with van der Waals surface area (Å²) in [5.41, 5.74) is 6.60. The molecule has 2 N–H and O–H groups in total. The minimum atomic E-state index is -0.0191. The van der Waals surface area contributed by atoms with Crippen LogP contribution in [0.4, 0.5) is 0 Å². The molecule has 0 aromatic heterocycles. The molecule has 0 amide bonds. The second-order valence-electron chi connectivity index (χ2n) is 6.09. The summed E-state index contributed by atoms with van der Waals surface area (Å²) in [5, 5.41) is 0. The molecule has 0 aromatic carbocycles. The van der Waals surface area contributed by atoms with E-state index in [0.29, 0.717) is 0 Å². The van der Waals surface area contributed by atoms with Crippen molar-refractivity contribution in [1.29, 1.82) is 0 Å². The van der Waals surface area contributed by atoms with Gasteiger partial charge in [0.25, 0.3) is 0 Å². The van der Waals surface area contributed by atoms with Gasteiger partial charge in [0.15, 0.2) is 0 Å². The summed E-state index contributed by atoms with van der Waals surface area (Å²) in [6, 6.07) is 0. The Bertz CT molecular complexity index is 193. The molecule has 0 aromatic rings. The lowest BCUT2D eigenvalue weighted by Crippen LogP contribution is -2.42. The number of nitrogens with two attached hydrogens (primary N) is 1. The highest BCUT2D eigenvalue weighted by molar-refractivity contribution is 4.87. The summed E-state index contributed by atoms with van der Waals surface area (Å²) in [6.07, 6.45) is 11.3. The lowest BCUT2D eigenvalue weighted by Gasteiger charge is -2.34. The van der Waals surface area contributed by atoms with Gasteiger partial charge in [0.1, 0.15) is 0 Å². The van der Waals surface area contributed by atoms with E-state index in [1.54, 1.807) is 7.11 Å². The van der Waals surface area contributed by atoms with Crippen LogP contribution in [0.15, 0.2) is 0 Å². The van der Waals surface area contributed by atoms with Gasteiger partial charge in [-0.2, -0.15) is 0 Å². The molecular weight excluding hydrogens is 198 g/mol. The van der Waals surface area contributed by atoms with E-state index in [9.17, 15) is 0 Å². The Morgan fingerprint density at radius 2 is 1.56 bits per heavy atom. The zero-order chi connectivity index (χ0) is 12.1. The summed E-state index contributed by atoms with van der Waals surface area (Å²) in [7, 11) is 1.79. The van der Waals surface area contributed by atoms with E-state index >= 15 is 0 Å². The fraction of sp³-hybridized carbons (Fsp3) is 1.00. The van der Waals surface area contributed by atoms with Gasteiger partial charge in [-0.3, -0.25) is 0 Å². The Kier molecular flexibility index (Phi) is 5.26. The van der Waals surface area contributed by atoms with E-state index in [4.69, 9.17) is 10.5 Å². The van der Waals surface area contributed by atoms with E-state index in [0.717, 1.165) is 12.8 Å². The molecular formula is C14H29NO. The highest BCUT2D eigenvalue weighted by atomic mass is 16.5. The van der Waals surface area contributed by atoms with Crippen molar-refractivity contribution < 1.29 is 4.74 Å². The molecule has 96 valence electrons. The zero-order valence-corrected chi connectivity index (χ0v) is 11.3. The van der Waals surface area contributed by atoms with Crippen LogP contribution in [-0.2, 0) is 4.74 Å². The zero-order valence-electron chi connectivity index (χ0n) is 11.3. The van der Waals surface area contributed by atoms with E-state index < -0.39 is 0 Å². The third kappa shape index (κ3) is 4.84. The van der Waals surface area contributed by atoms with Crippen LogP contribution in [-0.4, -0.2) is 18.2 Å². The number of rotatable bonds is 4. The number of ether oxygens (including phenoxy) is 1. The smallest absolute Gasteiger partial charge is 0.0623 e. The van der Waals surface area contributed by atoms with Gasteiger partial charge in [-0.25, -0.2) is 0 Å². The van der Waals surface area contributed by atoms with Gasteiger partial charge in [-0.1, -0.05) is 32.1 Å². The van der Waals surface area contributed by atoms with Crippen LogP contribution in [0.25, 0.3) is 0 Å². The molecule has 0 saturated heterocycles. The molecule has 0 bridgehead atoms. The van der Waals surface area contributed by atoms with Gasteiger partial charge in [-0.15, -0.1) is 0 Å². The highest BCUT2D eigenvalue weighted by Crippen LogP contribution is 2.30. The van der Waals surface area contributed by atoms with E-state index in [2.05, 4.69) is 13.8 Å². The largest absolute Gasteiger partial charge is 0.379 e. The van der Waals surface area contributed by atoms with Crippen LogP contribution in [0.1, 0.15) is 71.6 Å². The molecule has 0 aliphatic heterocycles. The average molecular weight is 227 g/mol. The van der Waals surface area contributed by atoms with Crippen LogP contribution in [0.5, 0.6) is 0 Å². The first kappa shape index (κ1) is 14.0. The summed E-state index contributed by atoms with van der Waals surface area (Å²) in [6.45, 7) is 4.30.